The SMILES string of the molecule is CC1C(=O)N(C)CCc2ccsc21. The van der Waals surface area contributed by atoms with Crippen LogP contribution in [0.5, 0.6) is 0 Å². The molecular weight excluding hydrogens is 182 g/mol. The van der Waals surface area contributed by atoms with Gasteiger partial charge in [0.05, 0.1) is 5.92 Å². The van der Waals surface area contributed by atoms with Crippen molar-refractivity contribution in [1.29, 1.82) is 0 Å². The first kappa shape index (κ1) is 8.75. The molecule has 70 valence electrons. The van der Waals surface area contributed by atoms with Gasteiger partial charge in [0.15, 0.2) is 0 Å². The number of carbonyl (C=O) groups excluding carboxylic acids is 1. The zero-order valence-electron chi connectivity index (χ0n) is 7.91. The van der Waals surface area contributed by atoms with E-state index in [1.54, 1.807) is 11.3 Å². The van der Waals surface area contributed by atoms with Gasteiger partial charge in [-0.1, -0.05) is 0 Å². The van der Waals surface area contributed by atoms with Gasteiger partial charge in [0.25, 0.3) is 0 Å². The molecule has 1 amide bonds. The fraction of sp³-hybridized carbons (Fsp3) is 0.500. The molecule has 2 rings (SSSR count). The van der Waals surface area contributed by atoms with Crippen LogP contribution < -0.4 is 0 Å². The molecule has 3 heteroatoms. The standard InChI is InChI=1S/C10H13NOS/c1-7-9-8(4-6-13-9)3-5-11(2)10(7)12/h4,6-7H,3,5H2,1-2H3. The van der Waals surface area contributed by atoms with Crippen molar-refractivity contribution in [2.75, 3.05) is 13.6 Å². The Bertz CT molecular complexity index is 331. The van der Waals surface area contributed by atoms with Crippen molar-refractivity contribution in [2.24, 2.45) is 0 Å². The highest BCUT2D eigenvalue weighted by Gasteiger charge is 2.25. The maximum Gasteiger partial charge on any atom is 0.230 e. The molecule has 0 aliphatic carbocycles. The molecule has 0 saturated heterocycles. The summed E-state index contributed by atoms with van der Waals surface area (Å²) in [5.41, 5.74) is 1.36. The lowest BCUT2D eigenvalue weighted by molar-refractivity contribution is -0.130. The Balaban J connectivity index is 2.40. The van der Waals surface area contributed by atoms with Crippen molar-refractivity contribution in [3.63, 3.8) is 0 Å². The minimum atomic E-state index is 0.0579. The van der Waals surface area contributed by atoms with E-state index in [0.717, 1.165) is 13.0 Å². The van der Waals surface area contributed by atoms with Crippen LogP contribution >= 0.6 is 11.3 Å². The Morgan fingerprint density at radius 2 is 2.38 bits per heavy atom. The van der Waals surface area contributed by atoms with Gasteiger partial charge in [-0.2, -0.15) is 0 Å². The Morgan fingerprint density at radius 3 is 3.15 bits per heavy atom. The Kier molecular flexibility index (Phi) is 2.12. The number of hydrogen-bond acceptors (Lipinski definition) is 2. The van der Waals surface area contributed by atoms with Gasteiger partial charge < -0.3 is 4.90 Å². The van der Waals surface area contributed by atoms with E-state index in [2.05, 4.69) is 11.4 Å². The molecule has 0 bridgehead atoms. The number of amides is 1. The van der Waals surface area contributed by atoms with Crippen molar-refractivity contribution in [2.45, 2.75) is 19.3 Å². The average Bonchev–Trinajstić information content (AvgIpc) is 2.56. The molecular formula is C10H13NOS. The molecule has 13 heavy (non-hydrogen) atoms. The van der Waals surface area contributed by atoms with Gasteiger partial charge in [-0.15, -0.1) is 11.3 Å². The van der Waals surface area contributed by atoms with Crippen molar-refractivity contribution < 1.29 is 4.79 Å². The molecule has 0 radical (unpaired) electrons. The van der Waals surface area contributed by atoms with Gasteiger partial charge in [0.1, 0.15) is 0 Å². The summed E-state index contributed by atoms with van der Waals surface area (Å²) in [6.45, 7) is 2.85. The Labute approximate surface area is 82.2 Å². The van der Waals surface area contributed by atoms with E-state index in [-0.39, 0.29) is 11.8 Å². The lowest BCUT2D eigenvalue weighted by Crippen LogP contribution is -2.29. The van der Waals surface area contributed by atoms with Gasteiger partial charge in [-0.25, -0.2) is 0 Å². The second-order valence-electron chi connectivity index (χ2n) is 3.54. The zero-order valence-corrected chi connectivity index (χ0v) is 8.73. The van der Waals surface area contributed by atoms with Gasteiger partial charge >= 0.3 is 0 Å². The second kappa shape index (κ2) is 3.14. The molecule has 1 atom stereocenters. The summed E-state index contributed by atoms with van der Waals surface area (Å²) in [5.74, 6) is 0.309. The molecule has 1 aromatic heterocycles. The summed E-state index contributed by atoms with van der Waals surface area (Å²) in [6.07, 6.45) is 1.01. The highest BCUT2D eigenvalue weighted by molar-refractivity contribution is 7.10. The zero-order chi connectivity index (χ0) is 9.42. The van der Waals surface area contributed by atoms with E-state index in [0.29, 0.717) is 0 Å². The quantitative estimate of drug-likeness (QED) is 0.619. The molecule has 1 aromatic rings. The maximum absolute atomic E-state index is 11.7. The number of rotatable bonds is 0. The van der Waals surface area contributed by atoms with E-state index in [1.165, 1.54) is 10.4 Å². The summed E-state index contributed by atoms with van der Waals surface area (Å²) >= 11 is 1.71. The number of likely N-dealkylation sites (N-methyl/N-ethyl adjacent to an activating group) is 1. The van der Waals surface area contributed by atoms with Crippen molar-refractivity contribution in [1.82, 2.24) is 4.90 Å². The van der Waals surface area contributed by atoms with Crippen LogP contribution in [-0.4, -0.2) is 24.4 Å². The van der Waals surface area contributed by atoms with Gasteiger partial charge in [-0.05, 0) is 30.4 Å². The number of fused-ring (bicyclic) bond motifs is 1. The largest absolute Gasteiger partial charge is 0.345 e. The van der Waals surface area contributed by atoms with Crippen LogP contribution in [-0.2, 0) is 11.2 Å². The summed E-state index contributed by atoms with van der Waals surface area (Å²) in [5, 5.41) is 2.08. The minimum Gasteiger partial charge on any atom is -0.345 e. The van der Waals surface area contributed by atoms with E-state index in [1.807, 2.05) is 18.9 Å². The van der Waals surface area contributed by atoms with Crippen molar-refractivity contribution in [3.05, 3.63) is 21.9 Å². The summed E-state index contributed by atoms with van der Waals surface area (Å²) in [7, 11) is 1.88. The second-order valence-corrected chi connectivity index (χ2v) is 4.49. The van der Waals surface area contributed by atoms with Gasteiger partial charge in [0.2, 0.25) is 5.91 Å². The minimum absolute atomic E-state index is 0.0579. The average molecular weight is 195 g/mol. The van der Waals surface area contributed by atoms with Gasteiger partial charge in [0, 0.05) is 18.5 Å². The Hall–Kier alpha value is -0.830. The topological polar surface area (TPSA) is 20.3 Å². The third kappa shape index (κ3) is 1.37. The first-order valence-electron chi connectivity index (χ1n) is 4.51. The molecule has 1 aliphatic heterocycles. The molecule has 2 heterocycles. The molecule has 1 aliphatic rings. The van der Waals surface area contributed by atoms with E-state index in [4.69, 9.17) is 0 Å². The van der Waals surface area contributed by atoms with Crippen LogP contribution in [0.3, 0.4) is 0 Å². The van der Waals surface area contributed by atoms with E-state index >= 15 is 0 Å². The number of thiophene rings is 1. The third-order valence-electron chi connectivity index (χ3n) is 2.64. The van der Waals surface area contributed by atoms with Crippen LogP contribution in [0, 0.1) is 0 Å². The molecule has 2 nitrogen and oxygen atoms in total. The predicted octanol–water partition coefficient (Wildman–Crippen LogP) is 1.87. The van der Waals surface area contributed by atoms with E-state index in [9.17, 15) is 4.79 Å². The predicted molar refractivity (Wildman–Crippen MR) is 54.1 cm³/mol. The number of carbonyl (C=O) groups is 1. The maximum atomic E-state index is 11.7. The summed E-state index contributed by atoms with van der Waals surface area (Å²) in [4.78, 5) is 14.8. The van der Waals surface area contributed by atoms with Crippen LogP contribution in [0.1, 0.15) is 23.3 Å². The third-order valence-corrected chi connectivity index (χ3v) is 3.78. The summed E-state index contributed by atoms with van der Waals surface area (Å²) in [6, 6.07) is 2.14. The molecule has 0 saturated carbocycles. The number of nitrogens with zero attached hydrogens (tertiary/aromatic N) is 1. The highest BCUT2D eigenvalue weighted by Crippen LogP contribution is 2.30. The lowest BCUT2D eigenvalue weighted by Gasteiger charge is -2.16. The summed E-state index contributed by atoms with van der Waals surface area (Å²) < 4.78 is 0. The number of hydrogen-bond donors (Lipinski definition) is 0. The molecule has 0 fully saturated rings. The van der Waals surface area contributed by atoms with Crippen LogP contribution in [0.4, 0.5) is 0 Å². The smallest absolute Gasteiger partial charge is 0.230 e. The first-order valence-corrected chi connectivity index (χ1v) is 5.39. The molecule has 0 aromatic carbocycles. The van der Waals surface area contributed by atoms with Crippen LogP contribution in [0.25, 0.3) is 0 Å². The molecule has 1 unspecified atom stereocenters. The van der Waals surface area contributed by atoms with Gasteiger partial charge in [-0.3, -0.25) is 4.79 Å². The monoisotopic (exact) mass is 195 g/mol. The molecule has 0 spiro atoms. The first-order chi connectivity index (χ1) is 6.20. The van der Waals surface area contributed by atoms with E-state index < -0.39 is 0 Å². The van der Waals surface area contributed by atoms with Crippen LogP contribution in [0.15, 0.2) is 11.4 Å². The van der Waals surface area contributed by atoms with Crippen LogP contribution in [0.2, 0.25) is 0 Å². The Morgan fingerprint density at radius 1 is 1.62 bits per heavy atom. The van der Waals surface area contributed by atoms with Crippen molar-refractivity contribution in [3.8, 4) is 0 Å². The lowest BCUT2D eigenvalue weighted by atomic mass is 10.1. The molecule has 0 N–H and O–H groups in total. The highest BCUT2D eigenvalue weighted by atomic mass is 32.1. The normalized spacial score (nSPS) is 22.8. The fourth-order valence-electron chi connectivity index (χ4n) is 1.78. The fourth-order valence-corrected chi connectivity index (χ4v) is 2.78. The van der Waals surface area contributed by atoms with Crippen molar-refractivity contribution >= 4 is 17.2 Å².